The summed E-state index contributed by atoms with van der Waals surface area (Å²) in [5.41, 5.74) is 2.09. The van der Waals surface area contributed by atoms with Gasteiger partial charge in [-0.3, -0.25) is 4.79 Å². The van der Waals surface area contributed by atoms with Gasteiger partial charge >= 0.3 is 29.6 Å². The summed E-state index contributed by atoms with van der Waals surface area (Å²) in [6.07, 6.45) is 4.37. The zero-order chi connectivity index (χ0) is 19.1. The number of aromatic nitrogens is 5. The molecule has 0 spiro atoms. The Balaban J connectivity index is 0.00000205. The van der Waals surface area contributed by atoms with Gasteiger partial charge in [-0.1, -0.05) is 30.0 Å². The number of nitrogens with one attached hydrogen (secondary N) is 1. The Morgan fingerprint density at radius 1 is 1.17 bits per heavy atom. The second-order valence-electron chi connectivity index (χ2n) is 6.62. The van der Waals surface area contributed by atoms with Gasteiger partial charge in [0.1, 0.15) is 10.7 Å². The topological polar surface area (TPSA) is 76.5 Å². The second-order valence-corrected chi connectivity index (χ2v) is 9.03. The summed E-state index contributed by atoms with van der Waals surface area (Å²) in [5, 5.41) is 10.1. The minimum Gasteiger partial charge on any atom is -0.740 e. The van der Waals surface area contributed by atoms with Gasteiger partial charge in [0.15, 0.2) is 5.16 Å². The molecular formula is C19H16N5NaOS3. The van der Waals surface area contributed by atoms with Crippen molar-refractivity contribution in [1.82, 2.24) is 24.7 Å². The van der Waals surface area contributed by atoms with Crippen molar-refractivity contribution in [3.8, 4) is 5.69 Å². The third-order valence-electron chi connectivity index (χ3n) is 4.86. The third kappa shape index (κ3) is 4.04. The molecule has 29 heavy (non-hydrogen) atoms. The van der Waals surface area contributed by atoms with E-state index < -0.39 is 0 Å². The van der Waals surface area contributed by atoms with E-state index >= 15 is 0 Å². The average molecular weight is 450 g/mol. The van der Waals surface area contributed by atoms with Crippen molar-refractivity contribution in [1.29, 1.82) is 0 Å². The maximum Gasteiger partial charge on any atom is 1.00 e. The van der Waals surface area contributed by atoms with Crippen molar-refractivity contribution in [3.63, 3.8) is 0 Å². The Labute approximate surface area is 203 Å². The SMILES string of the molecule is O=c1[nH]c(SCc2nnc([S-])n2-c2ccccc2)nc2sc3c(c12)CCCC3.[Na+]. The summed E-state index contributed by atoms with van der Waals surface area (Å²) >= 11 is 8.43. The summed E-state index contributed by atoms with van der Waals surface area (Å²) in [6.45, 7) is 0. The fourth-order valence-electron chi connectivity index (χ4n) is 3.58. The molecular weight excluding hydrogens is 433 g/mol. The summed E-state index contributed by atoms with van der Waals surface area (Å²) in [7, 11) is 0. The van der Waals surface area contributed by atoms with Crippen LogP contribution in [0.3, 0.4) is 0 Å². The number of nitrogens with zero attached hydrogens (tertiary/aromatic N) is 4. The summed E-state index contributed by atoms with van der Waals surface area (Å²) in [4.78, 5) is 22.5. The first-order valence-electron chi connectivity index (χ1n) is 9.05. The van der Waals surface area contributed by atoms with Crippen molar-refractivity contribution in [2.75, 3.05) is 0 Å². The molecule has 1 N–H and O–H groups in total. The molecule has 0 fully saturated rings. The molecule has 1 aliphatic carbocycles. The van der Waals surface area contributed by atoms with Crippen LogP contribution >= 0.6 is 23.1 Å². The van der Waals surface area contributed by atoms with Crippen molar-refractivity contribution in [2.24, 2.45) is 0 Å². The minimum absolute atomic E-state index is 0. The molecule has 1 aliphatic rings. The molecule has 0 aliphatic heterocycles. The number of H-pyrrole nitrogens is 1. The van der Waals surface area contributed by atoms with Crippen LogP contribution in [0.15, 0.2) is 45.4 Å². The Kier molecular flexibility index (Phi) is 6.43. The van der Waals surface area contributed by atoms with Crippen LogP contribution in [-0.2, 0) is 31.2 Å². The van der Waals surface area contributed by atoms with Crippen LogP contribution in [0.5, 0.6) is 0 Å². The summed E-state index contributed by atoms with van der Waals surface area (Å²) in [5.74, 6) is 1.24. The molecule has 0 saturated heterocycles. The summed E-state index contributed by atoms with van der Waals surface area (Å²) < 4.78 is 1.85. The predicted molar refractivity (Wildman–Crippen MR) is 113 cm³/mol. The molecule has 0 radical (unpaired) electrons. The fourth-order valence-corrected chi connectivity index (χ4v) is 5.92. The molecule has 0 unspecified atom stereocenters. The van der Waals surface area contributed by atoms with Crippen LogP contribution in [0.2, 0.25) is 0 Å². The van der Waals surface area contributed by atoms with Gasteiger partial charge in [-0.15, -0.1) is 16.4 Å². The molecule has 1 aromatic carbocycles. The number of aromatic amines is 1. The molecule has 0 bridgehead atoms. The van der Waals surface area contributed by atoms with Crippen LogP contribution < -0.4 is 35.1 Å². The van der Waals surface area contributed by atoms with Crippen LogP contribution in [0.1, 0.15) is 29.1 Å². The molecule has 0 amide bonds. The van der Waals surface area contributed by atoms with E-state index in [1.165, 1.54) is 28.6 Å². The van der Waals surface area contributed by atoms with Gasteiger partial charge in [-0.05, 0) is 43.4 Å². The van der Waals surface area contributed by atoms with Gasteiger partial charge in [0.2, 0.25) is 0 Å². The van der Waals surface area contributed by atoms with Gasteiger partial charge in [0, 0.05) is 15.7 Å². The largest absolute Gasteiger partial charge is 1.00 e. The molecule has 4 aromatic rings. The number of rotatable bonds is 4. The number of aryl methyl sites for hydroxylation is 2. The van der Waals surface area contributed by atoms with E-state index in [4.69, 9.17) is 17.6 Å². The van der Waals surface area contributed by atoms with Crippen LogP contribution in [0.4, 0.5) is 0 Å². The predicted octanol–water partition coefficient (Wildman–Crippen LogP) is 0.646. The quantitative estimate of drug-likeness (QED) is 0.213. The first kappa shape index (κ1) is 21.0. The van der Waals surface area contributed by atoms with Gasteiger partial charge in [0.05, 0.1) is 11.1 Å². The zero-order valence-electron chi connectivity index (χ0n) is 15.8. The third-order valence-corrected chi connectivity index (χ3v) is 7.18. The standard InChI is InChI=1S/C19H17N5OS3.Na/c25-16-15-12-8-4-5-9-13(12)28-17(15)21-18(20-16)27-10-14-22-23-19(26)24(14)11-6-2-1-3-7-11;/h1-3,6-7H,4-5,8-10H2,(H,23,26)(H,20,21,25);/q;+1/p-1. The van der Waals surface area contributed by atoms with Gasteiger partial charge in [0.25, 0.3) is 5.56 Å². The molecule has 6 nitrogen and oxygen atoms in total. The first-order valence-corrected chi connectivity index (χ1v) is 11.3. The van der Waals surface area contributed by atoms with Gasteiger partial charge in [-0.25, -0.2) is 4.98 Å². The van der Waals surface area contributed by atoms with E-state index in [1.54, 1.807) is 11.3 Å². The summed E-state index contributed by atoms with van der Waals surface area (Å²) in [6, 6.07) is 9.79. The molecule has 142 valence electrons. The number of thioether (sulfide) groups is 1. The normalized spacial score (nSPS) is 13.2. The van der Waals surface area contributed by atoms with Crippen molar-refractivity contribution in [3.05, 3.63) is 57.0 Å². The first-order chi connectivity index (χ1) is 13.7. The Morgan fingerprint density at radius 2 is 1.97 bits per heavy atom. The van der Waals surface area contributed by atoms with Crippen molar-refractivity contribution < 1.29 is 29.6 Å². The van der Waals surface area contributed by atoms with Crippen molar-refractivity contribution >= 4 is 45.9 Å². The van der Waals surface area contributed by atoms with E-state index in [1.807, 2.05) is 34.9 Å². The molecule has 3 heterocycles. The number of para-hydroxylation sites is 1. The Bertz CT molecular complexity index is 1220. The number of thiophene rings is 1. The number of hydrogen-bond donors (Lipinski definition) is 1. The monoisotopic (exact) mass is 449 g/mol. The number of fused-ring (bicyclic) bond motifs is 3. The average Bonchev–Trinajstić information content (AvgIpc) is 3.27. The van der Waals surface area contributed by atoms with E-state index in [0.29, 0.717) is 16.1 Å². The Hall–Kier alpha value is -1.23. The van der Waals surface area contributed by atoms with E-state index in [0.717, 1.165) is 41.0 Å². The van der Waals surface area contributed by atoms with Crippen LogP contribution in [-0.4, -0.2) is 24.7 Å². The van der Waals surface area contributed by atoms with Gasteiger partial charge < -0.3 is 22.2 Å². The molecule has 5 rings (SSSR count). The maximum absolute atomic E-state index is 12.7. The maximum atomic E-state index is 12.7. The van der Waals surface area contributed by atoms with E-state index in [-0.39, 0.29) is 35.1 Å². The van der Waals surface area contributed by atoms with Gasteiger partial charge in [-0.2, -0.15) is 5.10 Å². The molecule has 0 atom stereocenters. The van der Waals surface area contributed by atoms with Crippen LogP contribution in [0.25, 0.3) is 15.9 Å². The van der Waals surface area contributed by atoms with E-state index in [9.17, 15) is 4.79 Å². The number of benzene rings is 1. The number of hydrogen-bond acceptors (Lipinski definition) is 7. The molecule has 3 aromatic heterocycles. The molecule has 10 heteroatoms. The fraction of sp³-hybridized carbons (Fsp3) is 0.263. The zero-order valence-corrected chi connectivity index (χ0v) is 20.3. The van der Waals surface area contributed by atoms with E-state index in [2.05, 4.69) is 15.2 Å². The second kappa shape index (κ2) is 8.87. The minimum atomic E-state index is -0.0413. The van der Waals surface area contributed by atoms with Crippen LogP contribution in [0, 0.1) is 0 Å². The smallest absolute Gasteiger partial charge is 0.740 e. The van der Waals surface area contributed by atoms with Crippen molar-refractivity contribution in [2.45, 2.75) is 41.7 Å². The Morgan fingerprint density at radius 3 is 2.79 bits per heavy atom. The molecule has 0 saturated carbocycles.